The van der Waals surface area contributed by atoms with Crippen LogP contribution in [0.1, 0.15) is 32.6 Å². The number of esters is 1. The predicted octanol–water partition coefficient (Wildman–Crippen LogP) is 0.965. The van der Waals surface area contributed by atoms with Gasteiger partial charge in [-0.3, -0.25) is 9.59 Å². The molecule has 0 aromatic heterocycles. The predicted molar refractivity (Wildman–Crippen MR) is 80.9 cm³/mol. The molecule has 2 saturated heterocycles. The highest BCUT2D eigenvalue weighted by Gasteiger charge is 2.48. The molecule has 122 valence electrons. The van der Waals surface area contributed by atoms with E-state index >= 15 is 0 Å². The van der Waals surface area contributed by atoms with Gasteiger partial charge in [0.15, 0.2) is 0 Å². The van der Waals surface area contributed by atoms with Gasteiger partial charge in [0.2, 0.25) is 11.8 Å². The Kier molecular flexibility index (Phi) is 4.88. The molecule has 22 heavy (non-hydrogen) atoms. The number of carbonyl (C=O) groups is 3. The van der Waals surface area contributed by atoms with E-state index in [0.29, 0.717) is 38.9 Å². The molecule has 1 atom stereocenters. The van der Waals surface area contributed by atoms with Crippen LogP contribution in [0.3, 0.4) is 0 Å². The molecule has 0 N–H and O–H groups in total. The maximum Gasteiger partial charge on any atom is 0.331 e. The van der Waals surface area contributed by atoms with Crippen LogP contribution in [0.4, 0.5) is 0 Å². The molecule has 2 aliphatic heterocycles. The fourth-order valence-corrected chi connectivity index (χ4v) is 3.44. The Hall–Kier alpha value is -1.85. The van der Waals surface area contributed by atoms with E-state index in [1.165, 1.54) is 13.2 Å². The molecule has 6 heteroatoms. The number of hydrogen-bond acceptors (Lipinski definition) is 4. The highest BCUT2D eigenvalue weighted by atomic mass is 16.5. The molecule has 2 heterocycles. The molecule has 0 aliphatic carbocycles. The minimum atomic E-state index is -0.847. The molecule has 2 fully saturated rings. The Morgan fingerprint density at radius 2 is 1.86 bits per heavy atom. The second-order valence-electron chi connectivity index (χ2n) is 6.16. The Morgan fingerprint density at radius 3 is 2.41 bits per heavy atom. The fourth-order valence-electron chi connectivity index (χ4n) is 3.44. The number of nitrogens with zero attached hydrogens (tertiary/aromatic N) is 2. The summed E-state index contributed by atoms with van der Waals surface area (Å²) in [6, 6.07) is 0. The normalized spacial score (nSPS) is 25.9. The smallest absolute Gasteiger partial charge is 0.331 e. The summed E-state index contributed by atoms with van der Waals surface area (Å²) in [6.07, 6.45) is 4.01. The first kappa shape index (κ1) is 16.5. The van der Waals surface area contributed by atoms with E-state index in [1.54, 1.807) is 16.7 Å². The molecule has 0 spiro atoms. The Bertz CT molecular complexity index is 483. The van der Waals surface area contributed by atoms with E-state index < -0.39 is 5.54 Å². The highest BCUT2D eigenvalue weighted by molar-refractivity contribution is 5.90. The summed E-state index contributed by atoms with van der Waals surface area (Å²) >= 11 is 0. The number of methoxy groups -OCH3 is 1. The van der Waals surface area contributed by atoms with E-state index in [9.17, 15) is 14.4 Å². The number of amides is 2. The largest absolute Gasteiger partial charge is 0.467 e. The molecule has 0 radical (unpaired) electrons. The lowest BCUT2D eigenvalue weighted by Gasteiger charge is -2.37. The first-order valence-corrected chi connectivity index (χ1v) is 7.75. The highest BCUT2D eigenvalue weighted by Crippen LogP contribution is 2.33. The molecule has 0 saturated carbocycles. The summed E-state index contributed by atoms with van der Waals surface area (Å²) in [6.45, 7) is 6.97. The van der Waals surface area contributed by atoms with Crippen molar-refractivity contribution in [1.29, 1.82) is 0 Å². The summed E-state index contributed by atoms with van der Waals surface area (Å²) in [5, 5.41) is 0. The van der Waals surface area contributed by atoms with Crippen LogP contribution in [0.5, 0.6) is 0 Å². The van der Waals surface area contributed by atoms with Gasteiger partial charge in [0.05, 0.1) is 7.11 Å². The molecular formula is C16H24N2O4. The summed E-state index contributed by atoms with van der Waals surface area (Å²) in [4.78, 5) is 39.8. The van der Waals surface area contributed by atoms with Gasteiger partial charge in [-0.2, -0.15) is 0 Å². The number of hydrogen-bond donors (Lipinski definition) is 0. The summed E-state index contributed by atoms with van der Waals surface area (Å²) in [5.41, 5.74) is -0.847. The lowest BCUT2D eigenvalue weighted by molar-refractivity contribution is -0.160. The summed E-state index contributed by atoms with van der Waals surface area (Å²) in [7, 11) is 1.36. The van der Waals surface area contributed by atoms with Crippen molar-refractivity contribution in [1.82, 2.24) is 9.80 Å². The third-order valence-corrected chi connectivity index (χ3v) is 4.86. The summed E-state index contributed by atoms with van der Waals surface area (Å²) < 4.78 is 4.87. The molecule has 6 nitrogen and oxygen atoms in total. The molecule has 2 aliphatic rings. The number of ether oxygens (including phenoxy) is 1. The maximum absolute atomic E-state index is 12.8. The lowest BCUT2D eigenvalue weighted by atomic mass is 9.92. The monoisotopic (exact) mass is 308 g/mol. The SMILES string of the molecule is C=CC(=O)N1CCC(C(=O)N2CCC[C@]2(C)C(=O)OC)CC1. The van der Waals surface area contributed by atoms with Gasteiger partial charge in [0, 0.05) is 25.6 Å². The molecule has 0 aromatic rings. The van der Waals surface area contributed by atoms with Crippen LogP contribution < -0.4 is 0 Å². The first-order valence-electron chi connectivity index (χ1n) is 7.75. The summed E-state index contributed by atoms with van der Waals surface area (Å²) in [5.74, 6) is -0.559. The van der Waals surface area contributed by atoms with Gasteiger partial charge < -0.3 is 14.5 Å². The minimum absolute atomic E-state index is 0.0103. The Labute approximate surface area is 131 Å². The van der Waals surface area contributed by atoms with Crippen LogP contribution in [0, 0.1) is 5.92 Å². The Balaban J connectivity index is 2.02. The topological polar surface area (TPSA) is 66.9 Å². The fraction of sp³-hybridized carbons (Fsp3) is 0.688. The number of likely N-dealkylation sites (tertiary alicyclic amines) is 2. The zero-order valence-corrected chi connectivity index (χ0v) is 13.3. The zero-order chi connectivity index (χ0) is 16.3. The van der Waals surface area contributed by atoms with Crippen LogP contribution in [0.2, 0.25) is 0 Å². The van der Waals surface area contributed by atoms with Crippen molar-refractivity contribution in [3.8, 4) is 0 Å². The van der Waals surface area contributed by atoms with Gasteiger partial charge in [0.25, 0.3) is 0 Å². The van der Waals surface area contributed by atoms with Crippen LogP contribution >= 0.6 is 0 Å². The van der Waals surface area contributed by atoms with Gasteiger partial charge in [-0.25, -0.2) is 4.79 Å². The van der Waals surface area contributed by atoms with Crippen LogP contribution in [0.25, 0.3) is 0 Å². The number of carbonyl (C=O) groups excluding carboxylic acids is 3. The number of rotatable bonds is 3. The second kappa shape index (κ2) is 6.50. The third kappa shape index (κ3) is 2.87. The van der Waals surface area contributed by atoms with Gasteiger partial charge in [0.1, 0.15) is 5.54 Å². The maximum atomic E-state index is 12.8. The molecule has 0 aromatic carbocycles. The van der Waals surface area contributed by atoms with Crippen molar-refractivity contribution < 1.29 is 19.1 Å². The molecule has 2 rings (SSSR count). The standard InChI is InChI=1S/C16H24N2O4/c1-4-13(19)17-10-6-12(7-11-17)14(20)18-9-5-8-16(18,2)15(21)22-3/h4,12H,1,5-11H2,2-3H3/t16-/m1/s1. The van der Waals surface area contributed by atoms with Crippen molar-refractivity contribution in [3.05, 3.63) is 12.7 Å². The van der Waals surface area contributed by atoms with Gasteiger partial charge >= 0.3 is 5.97 Å². The molecule has 0 bridgehead atoms. The van der Waals surface area contributed by atoms with Crippen LogP contribution in [-0.4, -0.2) is 59.9 Å². The van der Waals surface area contributed by atoms with E-state index in [0.717, 1.165) is 6.42 Å². The van der Waals surface area contributed by atoms with Gasteiger partial charge in [-0.15, -0.1) is 0 Å². The molecule has 2 amide bonds. The molecule has 0 unspecified atom stereocenters. The van der Waals surface area contributed by atoms with Crippen molar-refractivity contribution in [3.63, 3.8) is 0 Å². The zero-order valence-electron chi connectivity index (χ0n) is 13.3. The lowest BCUT2D eigenvalue weighted by Crippen LogP contribution is -2.54. The van der Waals surface area contributed by atoms with Crippen molar-refractivity contribution >= 4 is 17.8 Å². The molecular weight excluding hydrogens is 284 g/mol. The second-order valence-corrected chi connectivity index (χ2v) is 6.16. The average Bonchev–Trinajstić information content (AvgIpc) is 2.95. The number of piperidine rings is 1. The third-order valence-electron chi connectivity index (χ3n) is 4.86. The van der Waals surface area contributed by atoms with E-state index in [2.05, 4.69) is 6.58 Å². The van der Waals surface area contributed by atoms with Gasteiger partial charge in [-0.1, -0.05) is 6.58 Å². The minimum Gasteiger partial charge on any atom is -0.467 e. The van der Waals surface area contributed by atoms with Gasteiger partial charge in [-0.05, 0) is 38.7 Å². The van der Waals surface area contributed by atoms with Crippen molar-refractivity contribution in [2.45, 2.75) is 38.1 Å². The van der Waals surface area contributed by atoms with Crippen molar-refractivity contribution in [2.75, 3.05) is 26.7 Å². The van der Waals surface area contributed by atoms with Crippen LogP contribution in [0.15, 0.2) is 12.7 Å². The van der Waals surface area contributed by atoms with Crippen LogP contribution in [-0.2, 0) is 19.1 Å². The first-order chi connectivity index (χ1) is 10.4. The van der Waals surface area contributed by atoms with E-state index in [4.69, 9.17) is 4.74 Å². The Morgan fingerprint density at radius 1 is 1.23 bits per heavy atom. The van der Waals surface area contributed by atoms with E-state index in [-0.39, 0.29) is 23.7 Å². The quantitative estimate of drug-likeness (QED) is 0.575. The van der Waals surface area contributed by atoms with Crippen molar-refractivity contribution in [2.24, 2.45) is 5.92 Å². The average molecular weight is 308 g/mol. The van der Waals surface area contributed by atoms with E-state index in [1.807, 2.05) is 0 Å².